The van der Waals surface area contributed by atoms with E-state index in [0.29, 0.717) is 12.1 Å². The van der Waals surface area contributed by atoms with Crippen LogP contribution in [0.25, 0.3) is 21.9 Å². The van der Waals surface area contributed by atoms with Crippen molar-refractivity contribution in [2.45, 2.75) is 31.8 Å². The Labute approximate surface area is 173 Å². The normalized spacial score (nSPS) is 17.4. The predicted molar refractivity (Wildman–Crippen MR) is 122 cm³/mol. The summed E-state index contributed by atoms with van der Waals surface area (Å²) < 4.78 is 0. The molecule has 0 aliphatic carbocycles. The Kier molecular flexibility index (Phi) is 6.12. The fraction of sp³-hybridized carbons (Fsp3) is 0.417. The average Bonchev–Trinajstić information content (AvgIpc) is 3.26. The maximum atomic E-state index is 3.77. The molecule has 0 saturated carbocycles. The van der Waals surface area contributed by atoms with Crippen molar-refractivity contribution in [1.82, 2.24) is 15.1 Å². The second-order valence-electron chi connectivity index (χ2n) is 8.14. The number of benzene rings is 2. The zero-order valence-electron chi connectivity index (χ0n) is 17.2. The smallest absolute Gasteiger partial charge is 0.0485 e. The van der Waals surface area contributed by atoms with Crippen LogP contribution in [0.4, 0.5) is 0 Å². The van der Waals surface area contributed by atoms with Gasteiger partial charge in [-0.15, -0.1) is 0 Å². The number of hydrogen-bond acceptors (Lipinski definition) is 4. The van der Waals surface area contributed by atoms with E-state index in [0.717, 1.165) is 6.67 Å². The molecule has 0 amide bonds. The SMILES string of the molecule is CC(NCN(C)C1CCN(C)CC1)c1ccc(-c2ccsc2)c2ccccc12. The Morgan fingerprint density at radius 3 is 2.57 bits per heavy atom. The zero-order valence-corrected chi connectivity index (χ0v) is 18.0. The van der Waals surface area contributed by atoms with Gasteiger partial charge in [-0.25, -0.2) is 0 Å². The van der Waals surface area contributed by atoms with Gasteiger partial charge >= 0.3 is 0 Å². The largest absolute Gasteiger partial charge is 0.306 e. The van der Waals surface area contributed by atoms with E-state index in [-0.39, 0.29) is 0 Å². The first-order chi connectivity index (χ1) is 13.6. The van der Waals surface area contributed by atoms with E-state index in [1.807, 2.05) is 0 Å². The minimum absolute atomic E-state index is 0.315. The lowest BCUT2D eigenvalue weighted by Gasteiger charge is -2.35. The molecular weight excluding hydrogens is 362 g/mol. The molecule has 0 radical (unpaired) electrons. The first-order valence-electron chi connectivity index (χ1n) is 10.3. The summed E-state index contributed by atoms with van der Waals surface area (Å²) in [6.45, 7) is 5.63. The van der Waals surface area contributed by atoms with Gasteiger partial charge in [0.2, 0.25) is 0 Å². The van der Waals surface area contributed by atoms with E-state index in [4.69, 9.17) is 0 Å². The molecule has 4 heteroatoms. The summed E-state index contributed by atoms with van der Waals surface area (Å²) in [5, 5.41) is 10.9. The molecule has 1 N–H and O–H groups in total. The molecule has 148 valence electrons. The van der Waals surface area contributed by atoms with Gasteiger partial charge in [0.15, 0.2) is 0 Å². The first kappa shape index (κ1) is 19.6. The third-order valence-corrected chi connectivity index (χ3v) is 6.90. The summed E-state index contributed by atoms with van der Waals surface area (Å²) in [4.78, 5) is 4.92. The Balaban J connectivity index is 1.50. The van der Waals surface area contributed by atoms with Gasteiger partial charge in [0, 0.05) is 18.8 Å². The molecule has 2 heterocycles. The van der Waals surface area contributed by atoms with Crippen molar-refractivity contribution in [2.24, 2.45) is 0 Å². The molecule has 28 heavy (non-hydrogen) atoms. The van der Waals surface area contributed by atoms with Gasteiger partial charge in [0.1, 0.15) is 0 Å². The van der Waals surface area contributed by atoms with Crippen molar-refractivity contribution in [3.8, 4) is 11.1 Å². The molecule has 0 spiro atoms. The van der Waals surface area contributed by atoms with Crippen molar-refractivity contribution in [2.75, 3.05) is 33.9 Å². The van der Waals surface area contributed by atoms with Gasteiger partial charge in [-0.2, -0.15) is 11.3 Å². The number of piperidine rings is 1. The fourth-order valence-electron chi connectivity index (χ4n) is 4.33. The minimum atomic E-state index is 0.315. The number of nitrogens with one attached hydrogen (secondary N) is 1. The van der Waals surface area contributed by atoms with E-state index < -0.39 is 0 Å². The predicted octanol–water partition coefficient (Wildman–Crippen LogP) is 5.20. The third kappa shape index (κ3) is 4.15. The molecule has 1 saturated heterocycles. The van der Waals surface area contributed by atoms with Crippen molar-refractivity contribution in [1.29, 1.82) is 0 Å². The standard InChI is InChI=1S/C24H31N3S/c1-18(25-17-27(3)20-10-13-26(2)14-11-20)21-8-9-22(19-12-15-28-16-19)24-7-5-4-6-23(21)24/h4-9,12,15-16,18,20,25H,10-11,13-14,17H2,1-3H3. The van der Waals surface area contributed by atoms with Crippen LogP contribution in [0.2, 0.25) is 0 Å². The Morgan fingerprint density at radius 1 is 1.11 bits per heavy atom. The lowest BCUT2D eigenvalue weighted by molar-refractivity contribution is 0.134. The highest BCUT2D eigenvalue weighted by molar-refractivity contribution is 7.08. The lowest BCUT2D eigenvalue weighted by atomic mass is 9.93. The summed E-state index contributed by atoms with van der Waals surface area (Å²) in [5.41, 5.74) is 4.03. The Hall–Kier alpha value is -1.72. The number of fused-ring (bicyclic) bond motifs is 1. The monoisotopic (exact) mass is 393 g/mol. The fourth-order valence-corrected chi connectivity index (χ4v) is 4.98. The van der Waals surface area contributed by atoms with Crippen LogP contribution >= 0.6 is 11.3 Å². The maximum absolute atomic E-state index is 3.77. The summed E-state index contributed by atoms with van der Waals surface area (Å²) in [6, 6.07) is 16.6. The van der Waals surface area contributed by atoms with Crippen LogP contribution in [0.3, 0.4) is 0 Å². The number of likely N-dealkylation sites (tertiary alicyclic amines) is 1. The average molecular weight is 394 g/mol. The van der Waals surface area contributed by atoms with Crippen LogP contribution in [-0.2, 0) is 0 Å². The maximum Gasteiger partial charge on any atom is 0.0485 e. The minimum Gasteiger partial charge on any atom is -0.306 e. The van der Waals surface area contributed by atoms with Gasteiger partial charge in [-0.1, -0.05) is 36.4 Å². The van der Waals surface area contributed by atoms with E-state index in [2.05, 4.69) is 89.4 Å². The highest BCUT2D eigenvalue weighted by Crippen LogP contribution is 2.34. The van der Waals surface area contributed by atoms with Crippen molar-refractivity contribution in [3.05, 3.63) is 58.8 Å². The van der Waals surface area contributed by atoms with E-state index in [1.54, 1.807) is 11.3 Å². The highest BCUT2D eigenvalue weighted by atomic mass is 32.1. The van der Waals surface area contributed by atoms with E-state index in [1.165, 1.54) is 53.4 Å². The summed E-state index contributed by atoms with van der Waals surface area (Å²) >= 11 is 1.76. The van der Waals surface area contributed by atoms with Crippen molar-refractivity contribution in [3.63, 3.8) is 0 Å². The molecule has 1 unspecified atom stereocenters. The second-order valence-corrected chi connectivity index (χ2v) is 8.92. The van der Waals surface area contributed by atoms with Crippen molar-refractivity contribution >= 4 is 22.1 Å². The topological polar surface area (TPSA) is 18.5 Å². The molecule has 1 aromatic heterocycles. The van der Waals surface area contributed by atoms with Gasteiger partial charge in [-0.3, -0.25) is 10.2 Å². The summed E-state index contributed by atoms with van der Waals surface area (Å²) in [6.07, 6.45) is 2.53. The molecule has 2 aromatic carbocycles. The van der Waals surface area contributed by atoms with E-state index in [9.17, 15) is 0 Å². The van der Waals surface area contributed by atoms with Crippen LogP contribution in [0.1, 0.15) is 31.4 Å². The quantitative estimate of drug-likeness (QED) is 0.581. The third-order valence-electron chi connectivity index (χ3n) is 6.21. The van der Waals surface area contributed by atoms with Crippen LogP contribution in [0.5, 0.6) is 0 Å². The lowest BCUT2D eigenvalue weighted by Crippen LogP contribution is -2.45. The van der Waals surface area contributed by atoms with Crippen molar-refractivity contribution < 1.29 is 0 Å². The molecule has 3 aromatic rings. The zero-order chi connectivity index (χ0) is 19.5. The van der Waals surface area contributed by atoms with Gasteiger partial charge in [0.25, 0.3) is 0 Å². The molecule has 0 bridgehead atoms. The van der Waals surface area contributed by atoms with Crippen LogP contribution in [0, 0.1) is 0 Å². The van der Waals surface area contributed by atoms with E-state index >= 15 is 0 Å². The van der Waals surface area contributed by atoms with Gasteiger partial charge in [-0.05, 0) is 91.2 Å². The molecule has 1 atom stereocenters. The van der Waals surface area contributed by atoms with Crippen LogP contribution in [0.15, 0.2) is 53.2 Å². The number of thiophene rings is 1. The Bertz CT molecular complexity index is 897. The van der Waals surface area contributed by atoms with Crippen LogP contribution in [-0.4, -0.2) is 49.7 Å². The second kappa shape index (κ2) is 8.75. The van der Waals surface area contributed by atoms with Gasteiger partial charge in [0.05, 0.1) is 0 Å². The Morgan fingerprint density at radius 2 is 1.86 bits per heavy atom. The molecule has 3 nitrogen and oxygen atoms in total. The molecule has 1 aliphatic heterocycles. The highest BCUT2D eigenvalue weighted by Gasteiger charge is 2.21. The molecule has 1 fully saturated rings. The molecule has 4 rings (SSSR count). The van der Waals surface area contributed by atoms with Gasteiger partial charge < -0.3 is 4.90 Å². The summed E-state index contributed by atoms with van der Waals surface area (Å²) in [7, 11) is 4.48. The molecular formula is C24H31N3S. The number of rotatable bonds is 6. The number of nitrogens with zero attached hydrogens (tertiary/aromatic N) is 2. The molecule has 1 aliphatic rings. The van der Waals surface area contributed by atoms with Crippen LogP contribution < -0.4 is 5.32 Å². The number of hydrogen-bond donors (Lipinski definition) is 1. The first-order valence-corrected chi connectivity index (χ1v) is 11.2. The summed E-state index contributed by atoms with van der Waals surface area (Å²) in [5.74, 6) is 0.